The highest BCUT2D eigenvalue weighted by Crippen LogP contribution is 2.35. The summed E-state index contributed by atoms with van der Waals surface area (Å²) in [5.74, 6) is 0.449. The number of nitrogens with one attached hydrogen (secondary N) is 4. The number of carbonyl (C=O) groups excluding carboxylic acids is 4. The number of aromatic nitrogens is 4. The summed E-state index contributed by atoms with van der Waals surface area (Å²) in [6.07, 6.45) is 0.785. The van der Waals surface area contributed by atoms with E-state index in [1.807, 2.05) is 42.5 Å². The third-order valence-electron chi connectivity index (χ3n) is 9.74. The van der Waals surface area contributed by atoms with Gasteiger partial charge < -0.3 is 50.1 Å². The van der Waals surface area contributed by atoms with Crippen LogP contribution in [-0.4, -0.2) is 116 Å². The number of hydrogen-bond acceptors (Lipinski definition) is 10. The summed E-state index contributed by atoms with van der Waals surface area (Å²) in [5, 5.41) is 25.3. The number of amides is 4. The van der Waals surface area contributed by atoms with Crippen molar-refractivity contribution in [2.24, 2.45) is 0 Å². The maximum atomic E-state index is 13.4. The number of alkyl carbamates (subject to hydrolysis) is 2. The Morgan fingerprint density at radius 1 is 0.769 bits per heavy atom. The van der Waals surface area contributed by atoms with Crippen molar-refractivity contribution in [2.45, 2.75) is 75.9 Å². The number of carbonyl (C=O) groups is 4. The fourth-order valence-corrected chi connectivity index (χ4v) is 7.00. The van der Waals surface area contributed by atoms with Gasteiger partial charge in [-0.05, 0) is 68.4 Å². The molecular formula is C36H44N8O8. The van der Waals surface area contributed by atoms with Crippen LogP contribution in [0.15, 0.2) is 48.7 Å². The molecule has 52 heavy (non-hydrogen) atoms. The van der Waals surface area contributed by atoms with Gasteiger partial charge in [0.2, 0.25) is 11.8 Å². The fraction of sp³-hybridized carbons (Fsp3) is 0.444. The Kier molecular flexibility index (Phi) is 10.8. The Balaban J connectivity index is 1.16. The fourth-order valence-electron chi connectivity index (χ4n) is 7.00. The van der Waals surface area contributed by atoms with Crippen molar-refractivity contribution in [2.75, 3.05) is 27.3 Å². The molecule has 6 rings (SSSR count). The molecule has 6 N–H and O–H groups in total. The zero-order chi connectivity index (χ0) is 37.1. The van der Waals surface area contributed by atoms with Crippen molar-refractivity contribution in [3.05, 3.63) is 60.3 Å². The molecule has 4 heterocycles. The Morgan fingerprint density at radius 2 is 1.29 bits per heavy atom. The number of rotatable bonds is 10. The SMILES string of the molecule is COC(=O)N[C@H](C(=O)N1CCC[C@H]1c1ncc(-c2ccc(-c3ccc4nc([C@@H]5CCCN5C(=O)[C@@H](NC(=O)OC)[C@@H](C)O)[nH]c4c3)cc2)[nH]1)[C@@H](C)O. The lowest BCUT2D eigenvalue weighted by Crippen LogP contribution is -2.53. The molecule has 2 aromatic heterocycles. The van der Waals surface area contributed by atoms with E-state index in [1.54, 1.807) is 16.0 Å². The number of hydrogen-bond donors (Lipinski definition) is 6. The molecule has 0 radical (unpaired) electrons. The van der Waals surface area contributed by atoms with E-state index in [4.69, 9.17) is 4.98 Å². The van der Waals surface area contributed by atoms with Gasteiger partial charge in [0.1, 0.15) is 23.7 Å². The molecule has 2 aliphatic heterocycles. The third kappa shape index (κ3) is 7.43. The Bertz CT molecular complexity index is 1920. The van der Waals surface area contributed by atoms with E-state index in [2.05, 4.69) is 35.1 Å². The summed E-state index contributed by atoms with van der Waals surface area (Å²) in [6, 6.07) is 10.9. The van der Waals surface area contributed by atoms with Gasteiger partial charge in [-0.2, -0.15) is 0 Å². The van der Waals surface area contributed by atoms with Crippen LogP contribution < -0.4 is 10.6 Å². The first-order valence-corrected chi connectivity index (χ1v) is 17.3. The van der Waals surface area contributed by atoms with Gasteiger partial charge in [0, 0.05) is 13.1 Å². The van der Waals surface area contributed by atoms with Crippen molar-refractivity contribution < 1.29 is 38.9 Å². The standard InChI is InChI=1S/C36H44N8O8/c1-19(45)29(41-35(49)51-3)33(47)43-15-5-7-27(43)31-37-18-26(40-31)22-11-9-21(10-12-22)23-13-14-24-25(17-23)39-32(38-24)28-8-6-16-44(28)34(48)30(20(2)46)42-36(50)52-4/h9-14,17-20,27-30,45-46H,5-8,15-16H2,1-4H3,(H,37,40)(H,38,39)(H,41,49)(H,42,50)/t19-,20-,27+,28+,29+,30+/m1/s1. The molecule has 4 amide bonds. The number of benzene rings is 2. The van der Waals surface area contributed by atoms with Crippen LogP contribution in [0.2, 0.25) is 0 Å². The first-order chi connectivity index (χ1) is 25.0. The smallest absolute Gasteiger partial charge is 0.407 e. The Labute approximate surface area is 299 Å². The average molecular weight is 717 g/mol. The van der Waals surface area contributed by atoms with E-state index < -0.39 is 48.3 Å². The van der Waals surface area contributed by atoms with E-state index in [0.29, 0.717) is 37.6 Å². The van der Waals surface area contributed by atoms with Crippen LogP contribution in [0.3, 0.4) is 0 Å². The quantitative estimate of drug-likeness (QED) is 0.141. The lowest BCUT2D eigenvalue weighted by molar-refractivity contribution is -0.137. The zero-order valence-corrected chi connectivity index (χ0v) is 29.5. The third-order valence-corrected chi connectivity index (χ3v) is 9.74. The van der Waals surface area contributed by atoms with Crippen LogP contribution in [0.5, 0.6) is 0 Å². The molecule has 0 spiro atoms. The maximum absolute atomic E-state index is 13.4. The van der Waals surface area contributed by atoms with E-state index >= 15 is 0 Å². The molecule has 4 aromatic rings. The molecule has 0 bridgehead atoms. The van der Waals surface area contributed by atoms with Crippen LogP contribution in [-0.2, 0) is 19.1 Å². The van der Waals surface area contributed by atoms with Gasteiger partial charge in [-0.25, -0.2) is 19.6 Å². The minimum absolute atomic E-state index is 0.335. The Morgan fingerprint density at radius 3 is 1.83 bits per heavy atom. The number of methoxy groups -OCH3 is 2. The summed E-state index contributed by atoms with van der Waals surface area (Å²) in [4.78, 5) is 69.8. The second-order valence-electron chi connectivity index (χ2n) is 13.2. The molecule has 2 saturated heterocycles. The topological polar surface area (TPSA) is 215 Å². The van der Waals surface area contributed by atoms with Gasteiger partial charge in [-0.15, -0.1) is 0 Å². The molecule has 276 valence electrons. The summed E-state index contributed by atoms with van der Waals surface area (Å²) >= 11 is 0. The van der Waals surface area contributed by atoms with Gasteiger partial charge in [-0.3, -0.25) is 9.59 Å². The predicted molar refractivity (Wildman–Crippen MR) is 189 cm³/mol. The Hall–Kier alpha value is -5.48. The molecule has 0 saturated carbocycles. The van der Waals surface area contributed by atoms with Crippen LogP contribution in [0, 0.1) is 0 Å². The summed E-state index contributed by atoms with van der Waals surface area (Å²) < 4.78 is 9.27. The van der Waals surface area contributed by atoms with E-state index in [-0.39, 0.29) is 12.1 Å². The lowest BCUT2D eigenvalue weighted by atomic mass is 10.0. The molecule has 16 nitrogen and oxygen atoms in total. The average Bonchev–Trinajstić information content (AvgIpc) is 3.97. The summed E-state index contributed by atoms with van der Waals surface area (Å²) in [7, 11) is 2.40. The first-order valence-electron chi connectivity index (χ1n) is 17.3. The summed E-state index contributed by atoms with van der Waals surface area (Å²) in [5.41, 5.74) is 5.18. The van der Waals surface area contributed by atoms with Crippen LogP contribution >= 0.6 is 0 Å². The second-order valence-corrected chi connectivity index (χ2v) is 13.2. The van der Waals surface area contributed by atoms with Crippen molar-refractivity contribution >= 4 is 35.0 Å². The highest BCUT2D eigenvalue weighted by Gasteiger charge is 2.39. The van der Waals surface area contributed by atoms with Crippen LogP contribution in [0.4, 0.5) is 9.59 Å². The zero-order valence-electron chi connectivity index (χ0n) is 29.5. The molecular weight excluding hydrogens is 672 g/mol. The molecule has 2 aromatic carbocycles. The van der Waals surface area contributed by atoms with Gasteiger partial charge in [0.05, 0.1) is 61.4 Å². The number of aliphatic hydroxyl groups excluding tert-OH is 2. The molecule has 6 atom stereocenters. The van der Waals surface area contributed by atoms with Gasteiger partial charge in [0.15, 0.2) is 0 Å². The van der Waals surface area contributed by atoms with Gasteiger partial charge in [0.25, 0.3) is 0 Å². The van der Waals surface area contributed by atoms with E-state index in [0.717, 1.165) is 46.3 Å². The minimum atomic E-state index is -1.15. The van der Waals surface area contributed by atoms with E-state index in [1.165, 1.54) is 28.1 Å². The number of H-pyrrole nitrogens is 2. The maximum Gasteiger partial charge on any atom is 0.407 e. The largest absolute Gasteiger partial charge is 0.453 e. The number of likely N-dealkylation sites (tertiary alicyclic amines) is 2. The molecule has 2 fully saturated rings. The number of fused-ring (bicyclic) bond motifs is 1. The van der Waals surface area contributed by atoms with Crippen LogP contribution in [0.1, 0.15) is 63.3 Å². The van der Waals surface area contributed by atoms with Crippen molar-refractivity contribution in [3.8, 4) is 22.4 Å². The predicted octanol–water partition coefficient (Wildman–Crippen LogP) is 3.16. The second kappa shape index (κ2) is 15.4. The minimum Gasteiger partial charge on any atom is -0.453 e. The normalized spacial score (nSPS) is 19.6. The van der Waals surface area contributed by atoms with Crippen molar-refractivity contribution in [1.82, 2.24) is 40.4 Å². The highest BCUT2D eigenvalue weighted by atomic mass is 16.5. The molecule has 2 aliphatic rings. The van der Waals surface area contributed by atoms with Gasteiger partial charge >= 0.3 is 12.2 Å². The highest BCUT2D eigenvalue weighted by molar-refractivity contribution is 5.88. The number of aromatic amines is 2. The number of imidazole rings is 2. The van der Waals surface area contributed by atoms with Crippen LogP contribution in [0.25, 0.3) is 33.4 Å². The number of nitrogens with zero attached hydrogens (tertiary/aromatic N) is 4. The van der Waals surface area contributed by atoms with Crippen molar-refractivity contribution in [3.63, 3.8) is 0 Å². The van der Waals surface area contributed by atoms with Crippen molar-refractivity contribution in [1.29, 1.82) is 0 Å². The summed E-state index contributed by atoms with van der Waals surface area (Å²) in [6.45, 7) is 3.83. The molecule has 16 heteroatoms. The van der Waals surface area contributed by atoms with Gasteiger partial charge in [-0.1, -0.05) is 30.3 Å². The molecule has 0 unspecified atom stereocenters. The van der Waals surface area contributed by atoms with E-state index in [9.17, 15) is 29.4 Å². The lowest BCUT2D eigenvalue weighted by Gasteiger charge is -2.29. The number of aliphatic hydroxyl groups is 2. The first kappa shape index (κ1) is 36.3. The number of ether oxygens (including phenoxy) is 2. The molecule has 0 aliphatic carbocycles. The monoisotopic (exact) mass is 716 g/mol.